The fourth-order valence-electron chi connectivity index (χ4n) is 0. The van der Waals surface area contributed by atoms with Crippen LogP contribution in [-0.2, 0) is 0 Å². The number of quaternary nitrogens is 1. The van der Waals surface area contributed by atoms with Crippen LogP contribution in [0.15, 0.2) is 0 Å². The van der Waals surface area contributed by atoms with Crippen molar-refractivity contribution in [2.45, 2.75) is 6.92 Å². The average Bonchev–Trinajstić information content (AvgIpc) is 1.39. The summed E-state index contributed by atoms with van der Waals surface area (Å²) >= 11 is 0. The SMILES string of the molecule is CCO.[NH3+][BH2-]O.[NaH]. The van der Waals surface area contributed by atoms with Crippen LogP contribution in [0.1, 0.15) is 6.92 Å². The van der Waals surface area contributed by atoms with Gasteiger partial charge in [0.15, 0.2) is 0 Å². The van der Waals surface area contributed by atoms with Crippen LogP contribution in [0, 0.1) is 0 Å². The first-order chi connectivity index (χ1) is 2.83. The zero-order chi connectivity index (χ0) is 5.41. The number of hydrogen-bond donors (Lipinski definition) is 3. The van der Waals surface area contributed by atoms with E-state index in [9.17, 15) is 0 Å². The second-order valence-electron chi connectivity index (χ2n) is 0.632. The molecule has 42 valence electrons. The zero-order valence-corrected chi connectivity index (χ0v) is 4.31. The Bertz CT molecular complexity index is 17.7. The molecule has 0 saturated heterocycles. The van der Waals surface area contributed by atoms with Gasteiger partial charge in [-0.3, -0.25) is 0 Å². The van der Waals surface area contributed by atoms with Crippen molar-refractivity contribution in [2.24, 2.45) is 0 Å². The monoisotopic (exact) mass is 117 g/mol. The van der Waals surface area contributed by atoms with Gasteiger partial charge in [0.25, 0.3) is 0 Å². The van der Waals surface area contributed by atoms with Crippen LogP contribution in [0.3, 0.4) is 0 Å². The fourth-order valence-corrected chi connectivity index (χ4v) is 0. The first-order valence-corrected chi connectivity index (χ1v) is 2.18. The van der Waals surface area contributed by atoms with Gasteiger partial charge in [-0.1, -0.05) is 0 Å². The standard InChI is InChI=1S/C2H6O.BH6NO.Na.H/c1-2-3;2-1-3;;/h3H,2H2,1H3;3H,1H2,2H3;;. The molecule has 0 aliphatic carbocycles. The van der Waals surface area contributed by atoms with Crippen LogP contribution in [0.4, 0.5) is 0 Å². The van der Waals surface area contributed by atoms with Gasteiger partial charge in [0.05, 0.1) is 0 Å². The Morgan fingerprint density at radius 3 is 1.71 bits per heavy atom. The molecule has 0 saturated carbocycles. The minimum atomic E-state index is -0.750. The molecule has 0 aromatic rings. The summed E-state index contributed by atoms with van der Waals surface area (Å²) in [5.74, 6) is 0. The maximum absolute atomic E-state index is 7.58. The average molecular weight is 117 g/mol. The molecule has 3 nitrogen and oxygen atoms in total. The Balaban J connectivity index is -0.0000000400. The Hall–Kier alpha value is 0.945. The summed E-state index contributed by atoms with van der Waals surface area (Å²) in [4.78, 5) is 0. The van der Waals surface area contributed by atoms with E-state index in [0.717, 1.165) is 0 Å². The normalized spacial score (nSPS) is 5.14. The Morgan fingerprint density at radius 1 is 1.71 bits per heavy atom. The third-order valence-corrected chi connectivity index (χ3v) is 0. The molecule has 5 heteroatoms. The van der Waals surface area contributed by atoms with E-state index in [-0.39, 0.29) is 36.2 Å². The number of aliphatic hydroxyl groups is 1. The zero-order valence-electron chi connectivity index (χ0n) is 4.31. The molecule has 0 aliphatic rings. The predicted molar refractivity (Wildman–Crippen MR) is 33.6 cm³/mol. The molecule has 0 aliphatic heterocycles. The van der Waals surface area contributed by atoms with E-state index >= 15 is 0 Å². The van der Waals surface area contributed by atoms with Gasteiger partial charge in [-0.05, 0) is 6.92 Å². The molecular formula is C2H13BNNaO2. The Morgan fingerprint density at radius 2 is 1.71 bits per heavy atom. The van der Waals surface area contributed by atoms with Gasteiger partial charge in [0, 0.05) is 6.61 Å². The first-order valence-electron chi connectivity index (χ1n) is 2.18. The Labute approximate surface area is 66.5 Å². The van der Waals surface area contributed by atoms with Crippen molar-refractivity contribution in [3.63, 3.8) is 0 Å². The molecular weight excluding hydrogens is 104 g/mol. The van der Waals surface area contributed by atoms with Crippen molar-refractivity contribution >= 4 is 37.2 Å². The molecule has 0 rings (SSSR count). The molecule has 0 aromatic carbocycles. The van der Waals surface area contributed by atoms with Crippen LogP contribution in [0.2, 0.25) is 0 Å². The second-order valence-corrected chi connectivity index (χ2v) is 0.632. The number of rotatable bonds is 0. The van der Waals surface area contributed by atoms with E-state index in [4.69, 9.17) is 10.1 Å². The van der Waals surface area contributed by atoms with Gasteiger partial charge in [-0.25, -0.2) is 0 Å². The summed E-state index contributed by atoms with van der Waals surface area (Å²) in [5.41, 5.74) is 3.17. The summed E-state index contributed by atoms with van der Waals surface area (Å²) in [5, 5.41) is 15.2. The van der Waals surface area contributed by atoms with Crippen molar-refractivity contribution in [1.29, 1.82) is 0 Å². The molecule has 0 amide bonds. The number of aliphatic hydroxyl groups excluding tert-OH is 1. The maximum atomic E-state index is 7.58. The van der Waals surface area contributed by atoms with Crippen molar-refractivity contribution in [2.75, 3.05) is 6.61 Å². The molecule has 0 bridgehead atoms. The van der Waals surface area contributed by atoms with Gasteiger partial charge >= 0.3 is 37.2 Å². The summed E-state index contributed by atoms with van der Waals surface area (Å²) in [6, 6.07) is 0. The van der Waals surface area contributed by atoms with Gasteiger partial charge in [0.1, 0.15) is 0 Å². The minimum absolute atomic E-state index is 0. The molecule has 0 heterocycles. The van der Waals surface area contributed by atoms with E-state index in [0.29, 0.717) is 0 Å². The van der Waals surface area contributed by atoms with Gasteiger partial charge < -0.3 is 15.8 Å². The van der Waals surface area contributed by atoms with Gasteiger partial charge in [0.2, 0.25) is 0 Å². The molecule has 0 spiro atoms. The summed E-state index contributed by atoms with van der Waals surface area (Å²) in [6.07, 6.45) is 0. The van der Waals surface area contributed by atoms with Gasteiger partial charge in [-0.2, -0.15) is 0 Å². The molecule has 0 unspecified atom stereocenters. The van der Waals surface area contributed by atoms with Crippen molar-refractivity contribution < 1.29 is 15.8 Å². The first kappa shape index (κ1) is 15.7. The van der Waals surface area contributed by atoms with Crippen LogP contribution < -0.4 is 5.64 Å². The Kier molecular flexibility index (Phi) is 63.4. The van der Waals surface area contributed by atoms with Crippen LogP contribution >= 0.6 is 0 Å². The van der Waals surface area contributed by atoms with Crippen LogP contribution in [0.25, 0.3) is 0 Å². The van der Waals surface area contributed by atoms with E-state index in [1.165, 1.54) is 0 Å². The van der Waals surface area contributed by atoms with Gasteiger partial charge in [-0.15, -0.1) is 0 Å². The summed E-state index contributed by atoms with van der Waals surface area (Å²) in [6.45, 7) is 1.93. The third kappa shape index (κ3) is 190. The van der Waals surface area contributed by atoms with E-state index in [1.807, 2.05) is 0 Å². The molecule has 5 N–H and O–H groups in total. The molecule has 0 aromatic heterocycles. The van der Waals surface area contributed by atoms with Crippen LogP contribution in [-0.4, -0.2) is 53.9 Å². The quantitative estimate of drug-likeness (QED) is 0.289. The molecule has 7 heavy (non-hydrogen) atoms. The summed E-state index contributed by atoms with van der Waals surface area (Å²) in [7, 11) is -0.750. The summed E-state index contributed by atoms with van der Waals surface area (Å²) < 4.78 is 0. The third-order valence-electron chi connectivity index (χ3n) is 0. The molecule has 0 atom stereocenters. The van der Waals surface area contributed by atoms with Crippen molar-refractivity contribution in [3.05, 3.63) is 0 Å². The fraction of sp³-hybridized carbons (Fsp3) is 1.00. The van der Waals surface area contributed by atoms with E-state index < -0.39 is 7.62 Å². The predicted octanol–water partition coefficient (Wildman–Crippen LogP) is -3.43. The van der Waals surface area contributed by atoms with E-state index in [2.05, 4.69) is 5.64 Å². The molecule has 0 radical (unpaired) electrons. The van der Waals surface area contributed by atoms with Crippen molar-refractivity contribution in [1.82, 2.24) is 0 Å². The molecule has 0 fully saturated rings. The number of hydrogen-bond acceptors (Lipinski definition) is 2. The van der Waals surface area contributed by atoms with Crippen molar-refractivity contribution in [3.8, 4) is 0 Å². The van der Waals surface area contributed by atoms with Crippen LogP contribution in [0.5, 0.6) is 0 Å². The van der Waals surface area contributed by atoms with E-state index in [1.54, 1.807) is 6.92 Å². The topological polar surface area (TPSA) is 68.1 Å². The second kappa shape index (κ2) is 28.3.